The van der Waals surface area contributed by atoms with E-state index in [1.165, 1.54) is 10.5 Å². The molecule has 0 N–H and O–H groups in total. The van der Waals surface area contributed by atoms with Crippen LogP contribution in [0.3, 0.4) is 0 Å². The van der Waals surface area contributed by atoms with Crippen molar-refractivity contribution in [1.82, 2.24) is 9.38 Å². The summed E-state index contributed by atoms with van der Waals surface area (Å²) in [5, 5.41) is 0. The molecule has 2 aromatic heterocycles. The van der Waals surface area contributed by atoms with Crippen LogP contribution in [0.25, 0.3) is 5.65 Å². The highest BCUT2D eigenvalue weighted by Gasteiger charge is 2.34. The lowest BCUT2D eigenvalue weighted by Crippen LogP contribution is -2.04. The summed E-state index contributed by atoms with van der Waals surface area (Å²) in [6.07, 6.45) is -3.40. The maximum atomic E-state index is 12.4. The summed E-state index contributed by atoms with van der Waals surface area (Å²) in [4.78, 5) is 3.50. The highest BCUT2D eigenvalue weighted by Crippen LogP contribution is 2.29. The summed E-state index contributed by atoms with van der Waals surface area (Å²) in [6.45, 7) is 1.72. The van der Waals surface area contributed by atoms with Crippen molar-refractivity contribution in [1.29, 1.82) is 0 Å². The van der Waals surface area contributed by atoms with Crippen LogP contribution >= 0.6 is 15.9 Å². The van der Waals surface area contributed by atoms with Crippen LogP contribution in [0.4, 0.5) is 13.2 Å². The van der Waals surface area contributed by atoms with E-state index in [1.807, 2.05) is 0 Å². The third-order valence-electron chi connectivity index (χ3n) is 2.11. The first-order chi connectivity index (χ1) is 6.89. The smallest absolute Gasteiger partial charge is 0.303 e. The summed E-state index contributed by atoms with van der Waals surface area (Å²) in [5.41, 5.74) is 0.113. The van der Waals surface area contributed by atoms with Gasteiger partial charge in [0.15, 0.2) is 5.69 Å². The first-order valence-electron chi connectivity index (χ1n) is 4.11. The first-order valence-corrected chi connectivity index (χ1v) is 4.90. The number of rotatable bonds is 0. The minimum Gasteiger partial charge on any atom is -0.303 e. The van der Waals surface area contributed by atoms with Crippen molar-refractivity contribution in [2.24, 2.45) is 0 Å². The summed E-state index contributed by atoms with van der Waals surface area (Å²) >= 11 is 3.25. The number of nitrogens with zero attached hydrogens (tertiary/aromatic N) is 2. The highest BCUT2D eigenvalue weighted by atomic mass is 79.9. The van der Waals surface area contributed by atoms with E-state index in [-0.39, 0.29) is 0 Å². The highest BCUT2D eigenvalue weighted by molar-refractivity contribution is 9.10. The zero-order chi connectivity index (χ0) is 11.2. The third-order valence-corrected chi connectivity index (χ3v) is 2.95. The Morgan fingerprint density at radius 1 is 1.33 bits per heavy atom. The van der Waals surface area contributed by atoms with E-state index in [4.69, 9.17) is 0 Å². The van der Waals surface area contributed by atoms with Crippen LogP contribution in [-0.2, 0) is 6.18 Å². The quantitative estimate of drug-likeness (QED) is 0.722. The van der Waals surface area contributed by atoms with Crippen molar-refractivity contribution in [3.63, 3.8) is 0 Å². The second-order valence-electron chi connectivity index (χ2n) is 3.12. The maximum absolute atomic E-state index is 12.4. The topological polar surface area (TPSA) is 17.3 Å². The molecule has 0 unspecified atom stereocenters. The Morgan fingerprint density at radius 3 is 2.60 bits per heavy atom. The van der Waals surface area contributed by atoms with Gasteiger partial charge in [-0.3, -0.25) is 0 Å². The van der Waals surface area contributed by atoms with Crippen molar-refractivity contribution in [2.75, 3.05) is 0 Å². The lowest BCUT2D eigenvalue weighted by atomic mass is 10.4. The molecule has 0 aliphatic carbocycles. The average molecular weight is 279 g/mol. The van der Waals surface area contributed by atoms with E-state index in [2.05, 4.69) is 20.9 Å². The van der Waals surface area contributed by atoms with Gasteiger partial charge in [-0.2, -0.15) is 13.2 Å². The summed E-state index contributed by atoms with van der Waals surface area (Å²) in [6, 6.07) is 3.21. The number of alkyl halides is 3. The minimum atomic E-state index is -4.40. The number of aryl methyl sites for hydroxylation is 1. The largest absolute Gasteiger partial charge is 0.434 e. The van der Waals surface area contributed by atoms with Crippen molar-refractivity contribution >= 4 is 21.6 Å². The number of fused-ring (bicyclic) bond motifs is 1. The molecule has 0 saturated carbocycles. The van der Waals surface area contributed by atoms with Crippen molar-refractivity contribution < 1.29 is 13.2 Å². The van der Waals surface area contributed by atoms with Crippen molar-refractivity contribution in [3.05, 3.63) is 34.2 Å². The van der Waals surface area contributed by atoms with Gasteiger partial charge >= 0.3 is 6.18 Å². The molecule has 15 heavy (non-hydrogen) atoms. The maximum Gasteiger partial charge on any atom is 0.434 e. The molecule has 0 aromatic carbocycles. The van der Waals surface area contributed by atoms with Gasteiger partial charge in [-0.1, -0.05) is 0 Å². The second kappa shape index (κ2) is 3.23. The Morgan fingerprint density at radius 2 is 2.00 bits per heavy atom. The molecular formula is C9H6BrF3N2. The molecular weight excluding hydrogens is 273 g/mol. The number of hydrogen-bond acceptors (Lipinski definition) is 1. The average Bonchev–Trinajstić information content (AvgIpc) is 2.55. The Balaban J connectivity index is 2.72. The monoisotopic (exact) mass is 278 g/mol. The zero-order valence-corrected chi connectivity index (χ0v) is 9.22. The van der Waals surface area contributed by atoms with Crippen LogP contribution in [-0.4, -0.2) is 9.38 Å². The summed E-state index contributed by atoms with van der Waals surface area (Å²) in [5.74, 6) is 0. The predicted molar refractivity (Wildman–Crippen MR) is 52.6 cm³/mol. The molecule has 0 bridgehead atoms. The third kappa shape index (κ3) is 1.73. The van der Waals surface area contributed by atoms with Crippen LogP contribution in [0.1, 0.15) is 11.4 Å². The summed E-state index contributed by atoms with van der Waals surface area (Å²) < 4.78 is 39.3. The minimum absolute atomic E-state index is 0.294. The van der Waals surface area contributed by atoms with E-state index >= 15 is 0 Å². The van der Waals surface area contributed by atoms with Crippen molar-refractivity contribution in [3.8, 4) is 0 Å². The molecule has 0 amide bonds. The Kier molecular flexibility index (Phi) is 2.26. The number of hydrogen-bond donors (Lipinski definition) is 0. The Labute approximate surface area is 91.9 Å². The van der Waals surface area contributed by atoms with Gasteiger partial charge in [0.1, 0.15) is 5.65 Å². The number of halogens is 4. The van der Waals surface area contributed by atoms with Crippen LogP contribution in [0.15, 0.2) is 22.8 Å². The molecule has 2 heterocycles. The first kappa shape index (κ1) is 10.5. The SMILES string of the molecule is Cc1c(Br)ccc2nc(C(F)(F)F)cn12. The molecule has 2 aromatic rings. The van der Waals surface area contributed by atoms with Gasteiger partial charge in [0.05, 0.1) is 0 Å². The summed E-state index contributed by atoms with van der Waals surface area (Å²) in [7, 11) is 0. The molecule has 0 atom stereocenters. The molecule has 0 radical (unpaired) electrons. The fourth-order valence-electron chi connectivity index (χ4n) is 1.30. The van der Waals surface area contributed by atoms with Crippen LogP contribution in [0.2, 0.25) is 0 Å². The molecule has 0 spiro atoms. The molecule has 2 nitrogen and oxygen atoms in total. The van der Waals surface area contributed by atoms with Crippen LogP contribution < -0.4 is 0 Å². The second-order valence-corrected chi connectivity index (χ2v) is 3.97. The normalized spacial score (nSPS) is 12.3. The zero-order valence-electron chi connectivity index (χ0n) is 7.64. The molecule has 0 fully saturated rings. The van der Waals surface area contributed by atoms with Gasteiger partial charge in [0.2, 0.25) is 0 Å². The van der Waals surface area contributed by atoms with E-state index in [9.17, 15) is 13.2 Å². The molecule has 0 aliphatic rings. The Bertz CT molecular complexity index is 516. The van der Waals surface area contributed by atoms with E-state index in [0.29, 0.717) is 11.3 Å². The lowest BCUT2D eigenvalue weighted by molar-refractivity contribution is -0.140. The van der Waals surface area contributed by atoms with Crippen LogP contribution in [0, 0.1) is 6.92 Å². The number of aromatic nitrogens is 2. The van der Waals surface area contributed by atoms with Gasteiger partial charge in [0.25, 0.3) is 0 Å². The number of pyridine rings is 1. The van der Waals surface area contributed by atoms with Gasteiger partial charge in [-0.15, -0.1) is 0 Å². The van der Waals surface area contributed by atoms with E-state index < -0.39 is 11.9 Å². The van der Waals surface area contributed by atoms with Crippen molar-refractivity contribution in [2.45, 2.75) is 13.1 Å². The number of imidazole rings is 1. The molecule has 6 heteroatoms. The lowest BCUT2D eigenvalue weighted by Gasteiger charge is -2.01. The van der Waals surface area contributed by atoms with Gasteiger partial charge < -0.3 is 4.40 Å². The fourth-order valence-corrected chi connectivity index (χ4v) is 1.62. The van der Waals surface area contributed by atoms with E-state index in [0.717, 1.165) is 10.7 Å². The van der Waals surface area contributed by atoms with Gasteiger partial charge in [-0.05, 0) is 35.0 Å². The van der Waals surface area contributed by atoms with Crippen LogP contribution in [0.5, 0.6) is 0 Å². The molecule has 0 saturated heterocycles. The predicted octanol–water partition coefficient (Wildman–Crippen LogP) is 3.42. The van der Waals surface area contributed by atoms with Gasteiger partial charge in [0, 0.05) is 16.4 Å². The fraction of sp³-hybridized carbons (Fsp3) is 0.222. The molecule has 80 valence electrons. The van der Waals surface area contributed by atoms with E-state index in [1.54, 1.807) is 13.0 Å². The standard InChI is InChI=1S/C9H6BrF3N2/c1-5-6(10)2-3-8-14-7(4-15(5)8)9(11,12)13/h2-4H,1H3. The Hall–Kier alpha value is -1.04. The molecule has 2 rings (SSSR count). The van der Waals surface area contributed by atoms with Gasteiger partial charge in [-0.25, -0.2) is 4.98 Å². The molecule has 0 aliphatic heterocycles.